The van der Waals surface area contributed by atoms with Gasteiger partial charge in [0.25, 0.3) is 0 Å². The van der Waals surface area contributed by atoms with Gasteiger partial charge in [0.1, 0.15) is 0 Å². The number of anilines is 1. The standard InChI is InChI=1S/C15H21N3/c1-15(2)7-4-8-17-14(15)11-18-13-6-3-5-12(9-13)10-16/h3,5-6,9,14,17-18H,4,7-8,11H2,1-2H3. The fraction of sp³-hybridized carbons (Fsp3) is 0.533. The van der Waals surface area contributed by atoms with E-state index in [1.807, 2.05) is 24.3 Å². The number of nitrogens with zero attached hydrogens (tertiary/aromatic N) is 1. The van der Waals surface area contributed by atoms with E-state index in [1.165, 1.54) is 12.8 Å². The van der Waals surface area contributed by atoms with Gasteiger partial charge >= 0.3 is 0 Å². The molecule has 1 atom stereocenters. The second-order valence-corrected chi connectivity index (χ2v) is 5.67. The van der Waals surface area contributed by atoms with Crippen LogP contribution in [0.1, 0.15) is 32.3 Å². The van der Waals surface area contributed by atoms with Gasteiger partial charge in [0.2, 0.25) is 0 Å². The van der Waals surface area contributed by atoms with Gasteiger partial charge in [0.15, 0.2) is 0 Å². The van der Waals surface area contributed by atoms with Crippen LogP contribution in [-0.4, -0.2) is 19.1 Å². The maximum atomic E-state index is 8.87. The largest absolute Gasteiger partial charge is 0.383 e. The monoisotopic (exact) mass is 243 g/mol. The second kappa shape index (κ2) is 5.41. The predicted molar refractivity (Wildman–Crippen MR) is 74.5 cm³/mol. The topological polar surface area (TPSA) is 47.8 Å². The third kappa shape index (κ3) is 3.02. The Hall–Kier alpha value is -1.53. The molecular weight excluding hydrogens is 222 g/mol. The summed E-state index contributed by atoms with van der Waals surface area (Å²) < 4.78 is 0. The molecule has 0 amide bonds. The fourth-order valence-electron chi connectivity index (χ4n) is 2.54. The maximum absolute atomic E-state index is 8.87. The Bertz CT molecular complexity index is 445. The molecule has 1 heterocycles. The number of rotatable bonds is 3. The van der Waals surface area contributed by atoms with Gasteiger partial charge in [-0.05, 0) is 43.0 Å². The summed E-state index contributed by atoms with van der Waals surface area (Å²) in [6, 6.07) is 10.3. The molecule has 1 saturated heterocycles. The van der Waals surface area contributed by atoms with Crippen molar-refractivity contribution in [2.24, 2.45) is 5.41 Å². The lowest BCUT2D eigenvalue weighted by atomic mass is 9.77. The number of benzene rings is 1. The van der Waals surface area contributed by atoms with Gasteiger partial charge in [-0.15, -0.1) is 0 Å². The second-order valence-electron chi connectivity index (χ2n) is 5.67. The molecule has 18 heavy (non-hydrogen) atoms. The van der Waals surface area contributed by atoms with Gasteiger partial charge < -0.3 is 10.6 Å². The zero-order valence-corrected chi connectivity index (χ0v) is 11.2. The van der Waals surface area contributed by atoms with E-state index < -0.39 is 0 Å². The lowest BCUT2D eigenvalue weighted by molar-refractivity contribution is 0.188. The summed E-state index contributed by atoms with van der Waals surface area (Å²) in [6.07, 6.45) is 2.53. The molecule has 0 aromatic heterocycles. The van der Waals surface area contributed by atoms with Crippen molar-refractivity contribution in [1.29, 1.82) is 5.26 Å². The molecular formula is C15H21N3. The van der Waals surface area contributed by atoms with E-state index in [0.717, 1.165) is 18.8 Å². The lowest BCUT2D eigenvalue weighted by Gasteiger charge is -2.39. The molecule has 0 aliphatic carbocycles. The van der Waals surface area contributed by atoms with Crippen LogP contribution in [0.15, 0.2) is 24.3 Å². The van der Waals surface area contributed by atoms with Gasteiger partial charge in [-0.2, -0.15) is 5.26 Å². The number of nitriles is 1. The van der Waals surface area contributed by atoms with Crippen molar-refractivity contribution in [2.45, 2.75) is 32.7 Å². The Kier molecular flexibility index (Phi) is 3.88. The van der Waals surface area contributed by atoms with Crippen LogP contribution in [0.3, 0.4) is 0 Å². The first-order valence-corrected chi connectivity index (χ1v) is 6.59. The van der Waals surface area contributed by atoms with Crippen molar-refractivity contribution in [3.63, 3.8) is 0 Å². The molecule has 3 heteroatoms. The predicted octanol–water partition coefficient (Wildman–Crippen LogP) is 2.75. The Morgan fingerprint density at radius 1 is 1.50 bits per heavy atom. The zero-order chi connectivity index (χ0) is 13.0. The average Bonchev–Trinajstić information content (AvgIpc) is 2.37. The van der Waals surface area contributed by atoms with Gasteiger partial charge in [-0.3, -0.25) is 0 Å². The Labute approximate surface area is 109 Å². The van der Waals surface area contributed by atoms with Crippen LogP contribution >= 0.6 is 0 Å². The molecule has 1 aromatic rings. The third-order valence-electron chi connectivity index (χ3n) is 3.83. The molecule has 2 N–H and O–H groups in total. The van der Waals surface area contributed by atoms with Crippen molar-refractivity contribution in [1.82, 2.24) is 5.32 Å². The SMILES string of the molecule is CC1(C)CCCNC1CNc1cccc(C#N)c1. The molecule has 0 spiro atoms. The summed E-state index contributed by atoms with van der Waals surface area (Å²) in [5.74, 6) is 0. The van der Waals surface area contributed by atoms with Crippen LogP contribution in [0.4, 0.5) is 5.69 Å². The van der Waals surface area contributed by atoms with Gasteiger partial charge in [-0.1, -0.05) is 19.9 Å². The summed E-state index contributed by atoms with van der Waals surface area (Å²) in [5.41, 5.74) is 2.06. The number of hydrogen-bond donors (Lipinski definition) is 2. The van der Waals surface area contributed by atoms with Crippen LogP contribution in [-0.2, 0) is 0 Å². The minimum Gasteiger partial charge on any atom is -0.383 e. The summed E-state index contributed by atoms with van der Waals surface area (Å²) in [6.45, 7) is 6.64. The van der Waals surface area contributed by atoms with Crippen molar-refractivity contribution >= 4 is 5.69 Å². The van der Waals surface area contributed by atoms with E-state index in [4.69, 9.17) is 5.26 Å². The maximum Gasteiger partial charge on any atom is 0.0992 e. The van der Waals surface area contributed by atoms with Crippen LogP contribution < -0.4 is 10.6 Å². The smallest absolute Gasteiger partial charge is 0.0992 e. The van der Waals surface area contributed by atoms with Gasteiger partial charge in [0, 0.05) is 18.3 Å². The Morgan fingerprint density at radius 2 is 2.33 bits per heavy atom. The lowest BCUT2D eigenvalue weighted by Crippen LogP contribution is -2.50. The molecule has 96 valence electrons. The van der Waals surface area contributed by atoms with Gasteiger partial charge in [-0.25, -0.2) is 0 Å². The summed E-state index contributed by atoms with van der Waals surface area (Å²) in [4.78, 5) is 0. The van der Waals surface area contributed by atoms with Crippen LogP contribution in [0, 0.1) is 16.7 Å². The van der Waals surface area contributed by atoms with E-state index in [9.17, 15) is 0 Å². The van der Waals surface area contributed by atoms with Crippen molar-refractivity contribution in [2.75, 3.05) is 18.4 Å². The van der Waals surface area contributed by atoms with Crippen molar-refractivity contribution < 1.29 is 0 Å². The molecule has 1 aliphatic heterocycles. The molecule has 2 rings (SSSR count). The van der Waals surface area contributed by atoms with Crippen LogP contribution in [0.5, 0.6) is 0 Å². The molecule has 3 nitrogen and oxygen atoms in total. The minimum atomic E-state index is 0.331. The van der Waals surface area contributed by atoms with Crippen molar-refractivity contribution in [3.8, 4) is 6.07 Å². The number of hydrogen-bond acceptors (Lipinski definition) is 3. The molecule has 0 radical (unpaired) electrons. The number of nitrogens with one attached hydrogen (secondary N) is 2. The molecule has 1 fully saturated rings. The highest BCUT2D eigenvalue weighted by atomic mass is 15.0. The molecule has 0 saturated carbocycles. The van der Waals surface area contributed by atoms with E-state index in [2.05, 4.69) is 30.6 Å². The Morgan fingerprint density at radius 3 is 3.06 bits per heavy atom. The molecule has 1 aromatic carbocycles. The summed E-state index contributed by atoms with van der Waals surface area (Å²) in [7, 11) is 0. The highest BCUT2D eigenvalue weighted by Gasteiger charge is 2.31. The first-order chi connectivity index (χ1) is 8.62. The van der Waals surface area contributed by atoms with Crippen LogP contribution in [0.2, 0.25) is 0 Å². The zero-order valence-electron chi connectivity index (χ0n) is 11.2. The van der Waals surface area contributed by atoms with E-state index in [1.54, 1.807) is 0 Å². The third-order valence-corrected chi connectivity index (χ3v) is 3.83. The summed E-state index contributed by atoms with van der Waals surface area (Å²) in [5, 5.41) is 15.9. The van der Waals surface area contributed by atoms with Crippen molar-refractivity contribution in [3.05, 3.63) is 29.8 Å². The molecule has 0 bridgehead atoms. The highest BCUT2D eigenvalue weighted by molar-refractivity contribution is 5.49. The average molecular weight is 243 g/mol. The summed E-state index contributed by atoms with van der Waals surface area (Å²) >= 11 is 0. The molecule has 1 aliphatic rings. The Balaban J connectivity index is 1.96. The number of piperidine rings is 1. The first kappa shape index (κ1) is 12.9. The van der Waals surface area contributed by atoms with Crippen LogP contribution in [0.25, 0.3) is 0 Å². The fourth-order valence-corrected chi connectivity index (χ4v) is 2.54. The van der Waals surface area contributed by atoms with E-state index >= 15 is 0 Å². The normalized spacial score (nSPS) is 22.2. The van der Waals surface area contributed by atoms with E-state index in [0.29, 0.717) is 17.0 Å². The first-order valence-electron chi connectivity index (χ1n) is 6.59. The van der Waals surface area contributed by atoms with Gasteiger partial charge in [0.05, 0.1) is 11.6 Å². The highest BCUT2D eigenvalue weighted by Crippen LogP contribution is 2.30. The quantitative estimate of drug-likeness (QED) is 0.858. The van der Waals surface area contributed by atoms with E-state index in [-0.39, 0.29) is 0 Å². The minimum absolute atomic E-state index is 0.331. The molecule has 1 unspecified atom stereocenters.